The molecule has 324 valence electrons. The molecule has 54 heavy (non-hydrogen) atoms. The molecule has 0 amide bonds. The quantitative estimate of drug-likeness (QED) is 0.0284. The Labute approximate surface area is 336 Å². The van der Waals surface area contributed by atoms with Gasteiger partial charge in [0.2, 0.25) is 0 Å². The topological polar surface area (TPSA) is 91.3 Å². The summed E-state index contributed by atoms with van der Waals surface area (Å²) in [7, 11) is 1.69. The van der Waals surface area contributed by atoms with Crippen molar-refractivity contribution < 1.29 is 37.3 Å². The number of phosphoric acid groups is 1. The number of carbonyl (C=O) groups is 1. The molecule has 0 radical (unpaired) electrons. The number of unbranched alkanes of at least 4 members (excludes halogenated alkanes) is 30. The van der Waals surface area contributed by atoms with Crippen LogP contribution in [-0.4, -0.2) is 75.6 Å². The lowest BCUT2D eigenvalue weighted by Crippen LogP contribution is -2.37. The van der Waals surface area contributed by atoms with E-state index >= 15 is 0 Å². The van der Waals surface area contributed by atoms with Gasteiger partial charge in [-0.1, -0.05) is 206 Å². The predicted molar refractivity (Wildman–Crippen MR) is 229 cm³/mol. The van der Waals surface area contributed by atoms with Gasteiger partial charge in [0.25, 0.3) is 0 Å². The van der Waals surface area contributed by atoms with Crippen molar-refractivity contribution in [1.82, 2.24) is 0 Å². The van der Waals surface area contributed by atoms with Crippen LogP contribution in [0.15, 0.2) is 0 Å². The third-order valence-corrected chi connectivity index (χ3v) is 11.4. The summed E-state index contributed by atoms with van der Waals surface area (Å²) in [5, 5.41) is 0. The predicted octanol–water partition coefficient (Wildman–Crippen LogP) is 13.7. The summed E-state index contributed by atoms with van der Waals surface area (Å²) in [6.45, 7) is 5.68. The van der Waals surface area contributed by atoms with E-state index in [4.69, 9.17) is 18.5 Å². The van der Waals surface area contributed by atoms with Crippen LogP contribution in [0.5, 0.6) is 0 Å². The maximum absolute atomic E-state index is 12.7. The van der Waals surface area contributed by atoms with E-state index in [2.05, 4.69) is 13.8 Å². The number of nitrogens with zero attached hydrogens (tertiary/aromatic N) is 1. The first-order valence-corrected chi connectivity index (χ1v) is 24.8. The van der Waals surface area contributed by atoms with Crippen LogP contribution in [0, 0.1) is 0 Å². The Morgan fingerprint density at radius 3 is 1.22 bits per heavy atom. The highest BCUT2D eigenvalue weighted by molar-refractivity contribution is 7.47. The van der Waals surface area contributed by atoms with Crippen LogP contribution in [0.25, 0.3) is 0 Å². The Morgan fingerprint density at radius 1 is 0.500 bits per heavy atom. The molecular formula is C45H93NO7P+. The van der Waals surface area contributed by atoms with E-state index in [-0.39, 0.29) is 25.8 Å². The lowest BCUT2D eigenvalue weighted by molar-refractivity contribution is -0.870. The van der Waals surface area contributed by atoms with Crippen LogP contribution in [0.3, 0.4) is 0 Å². The first-order chi connectivity index (χ1) is 26.1. The zero-order valence-corrected chi connectivity index (χ0v) is 37.6. The van der Waals surface area contributed by atoms with E-state index in [1.807, 2.05) is 21.1 Å². The number of hydrogen-bond acceptors (Lipinski definition) is 6. The average Bonchev–Trinajstić information content (AvgIpc) is 3.12. The second-order valence-corrected chi connectivity index (χ2v) is 18.6. The molecule has 2 unspecified atom stereocenters. The fraction of sp³-hybridized carbons (Fsp3) is 0.978. The standard InChI is InChI=1S/C45H92NO7P/c1-6-8-10-12-14-16-18-20-21-22-23-24-25-26-27-28-30-32-34-36-38-45(47)53-44(43-52-54(48,49)51-41-39-46(3,4)5)42-50-40-37-35-33-31-29-19-17-15-13-11-9-7-2/h44H,6-43H2,1-5H3/p+1. The number of ether oxygens (including phenoxy) is 2. The van der Waals surface area contributed by atoms with Gasteiger partial charge in [-0.2, -0.15) is 0 Å². The van der Waals surface area contributed by atoms with Crippen molar-refractivity contribution in [1.29, 1.82) is 0 Å². The first-order valence-electron chi connectivity index (χ1n) is 23.3. The zero-order chi connectivity index (χ0) is 39.9. The molecule has 0 aromatic carbocycles. The number of phosphoric ester groups is 1. The molecule has 0 fully saturated rings. The molecule has 0 bridgehead atoms. The molecule has 0 saturated heterocycles. The largest absolute Gasteiger partial charge is 0.472 e. The smallest absolute Gasteiger partial charge is 0.457 e. The fourth-order valence-corrected chi connectivity index (χ4v) is 7.53. The molecule has 0 rings (SSSR count). The SMILES string of the molecule is CCCCCCCCCCCCCCCCCCCCCCC(=O)OC(COCCCCCCCCCCCCCC)COP(=O)(O)OCC[N+](C)(C)C. The van der Waals surface area contributed by atoms with Crippen LogP contribution in [0.4, 0.5) is 0 Å². The minimum Gasteiger partial charge on any atom is -0.457 e. The molecular weight excluding hydrogens is 697 g/mol. The van der Waals surface area contributed by atoms with Gasteiger partial charge in [0.05, 0.1) is 34.4 Å². The van der Waals surface area contributed by atoms with E-state index in [0.29, 0.717) is 24.1 Å². The van der Waals surface area contributed by atoms with Gasteiger partial charge < -0.3 is 18.9 Å². The molecule has 0 aliphatic rings. The summed E-state index contributed by atoms with van der Waals surface area (Å²) < 4.78 is 35.0. The molecule has 0 spiro atoms. The van der Waals surface area contributed by atoms with Gasteiger partial charge in [-0.25, -0.2) is 4.57 Å². The van der Waals surface area contributed by atoms with Crippen molar-refractivity contribution in [2.45, 2.75) is 232 Å². The minimum absolute atomic E-state index is 0.0939. The number of hydrogen-bond donors (Lipinski definition) is 1. The summed E-state index contributed by atoms with van der Waals surface area (Å²) in [4.78, 5) is 22.9. The second kappa shape index (κ2) is 39.3. The number of likely N-dealkylation sites (N-methyl/N-ethyl adjacent to an activating group) is 1. The van der Waals surface area contributed by atoms with Crippen LogP contribution in [0.2, 0.25) is 0 Å². The Bertz CT molecular complexity index is 837. The average molecular weight is 791 g/mol. The summed E-state index contributed by atoms with van der Waals surface area (Å²) in [5.41, 5.74) is 0. The van der Waals surface area contributed by atoms with Crippen molar-refractivity contribution in [3.8, 4) is 0 Å². The van der Waals surface area contributed by atoms with E-state index in [1.54, 1.807) is 0 Å². The summed E-state index contributed by atoms with van der Waals surface area (Å²) in [6, 6.07) is 0. The highest BCUT2D eigenvalue weighted by Gasteiger charge is 2.26. The van der Waals surface area contributed by atoms with Crippen molar-refractivity contribution in [3.05, 3.63) is 0 Å². The molecule has 0 heterocycles. The van der Waals surface area contributed by atoms with Gasteiger partial charge in [0.1, 0.15) is 19.3 Å². The third-order valence-electron chi connectivity index (χ3n) is 10.4. The lowest BCUT2D eigenvalue weighted by atomic mass is 10.0. The normalized spacial score (nSPS) is 13.7. The highest BCUT2D eigenvalue weighted by Crippen LogP contribution is 2.43. The molecule has 0 saturated carbocycles. The van der Waals surface area contributed by atoms with Gasteiger partial charge in [-0.3, -0.25) is 13.8 Å². The van der Waals surface area contributed by atoms with Gasteiger partial charge >= 0.3 is 13.8 Å². The molecule has 0 aromatic heterocycles. The number of rotatable bonds is 44. The first kappa shape index (κ1) is 53.5. The molecule has 1 N–H and O–H groups in total. The lowest BCUT2D eigenvalue weighted by Gasteiger charge is -2.24. The number of quaternary nitrogens is 1. The Morgan fingerprint density at radius 2 is 0.852 bits per heavy atom. The molecule has 0 aromatic rings. The van der Waals surface area contributed by atoms with E-state index in [1.165, 1.54) is 173 Å². The third kappa shape index (κ3) is 42.6. The maximum Gasteiger partial charge on any atom is 0.472 e. The molecule has 0 aliphatic heterocycles. The van der Waals surface area contributed by atoms with Crippen LogP contribution in [-0.2, 0) is 27.9 Å². The highest BCUT2D eigenvalue weighted by atomic mass is 31.2. The summed E-state index contributed by atoms with van der Waals surface area (Å²) in [5.74, 6) is -0.307. The minimum atomic E-state index is -4.26. The van der Waals surface area contributed by atoms with Crippen molar-refractivity contribution in [3.63, 3.8) is 0 Å². The van der Waals surface area contributed by atoms with E-state index < -0.39 is 13.9 Å². The zero-order valence-electron chi connectivity index (χ0n) is 36.7. The van der Waals surface area contributed by atoms with E-state index in [9.17, 15) is 14.3 Å². The van der Waals surface area contributed by atoms with E-state index in [0.717, 1.165) is 32.1 Å². The van der Waals surface area contributed by atoms with Crippen molar-refractivity contribution >= 4 is 13.8 Å². The van der Waals surface area contributed by atoms with Crippen LogP contribution in [0.1, 0.15) is 226 Å². The Balaban J connectivity index is 4.10. The van der Waals surface area contributed by atoms with Crippen LogP contribution >= 0.6 is 7.82 Å². The summed E-state index contributed by atoms with van der Waals surface area (Å²) >= 11 is 0. The molecule has 8 nitrogen and oxygen atoms in total. The van der Waals surface area contributed by atoms with Gasteiger partial charge in [0.15, 0.2) is 0 Å². The number of esters is 1. The van der Waals surface area contributed by atoms with Crippen molar-refractivity contribution in [2.75, 3.05) is 54.1 Å². The molecule has 0 aliphatic carbocycles. The Kier molecular flexibility index (Phi) is 39.0. The second-order valence-electron chi connectivity index (χ2n) is 17.2. The van der Waals surface area contributed by atoms with Crippen LogP contribution < -0.4 is 0 Å². The monoisotopic (exact) mass is 791 g/mol. The number of carbonyl (C=O) groups excluding carboxylic acids is 1. The fourth-order valence-electron chi connectivity index (χ4n) is 6.79. The van der Waals surface area contributed by atoms with Gasteiger partial charge in [-0.05, 0) is 12.8 Å². The summed E-state index contributed by atoms with van der Waals surface area (Å²) in [6.07, 6.45) is 41.3. The van der Waals surface area contributed by atoms with Gasteiger partial charge in [-0.15, -0.1) is 0 Å². The molecule has 2 atom stereocenters. The molecule has 9 heteroatoms. The Hall–Kier alpha value is -0.500. The van der Waals surface area contributed by atoms with Crippen molar-refractivity contribution in [2.24, 2.45) is 0 Å². The maximum atomic E-state index is 12.7. The van der Waals surface area contributed by atoms with Gasteiger partial charge in [0, 0.05) is 13.0 Å².